The molecule has 0 aliphatic rings. The molecule has 1 atom stereocenters. The lowest BCUT2D eigenvalue weighted by Gasteiger charge is -2.07. The summed E-state index contributed by atoms with van der Waals surface area (Å²) in [6.07, 6.45) is 0. The molecule has 1 aromatic rings. The lowest BCUT2D eigenvalue weighted by atomic mass is 10.2. The van der Waals surface area contributed by atoms with Gasteiger partial charge in [-0.3, -0.25) is 10.2 Å². The van der Waals surface area contributed by atoms with Gasteiger partial charge < -0.3 is 10.1 Å². The van der Waals surface area contributed by atoms with Gasteiger partial charge in [-0.1, -0.05) is 6.92 Å². The smallest absolute Gasteiger partial charge is 0.358 e. The van der Waals surface area contributed by atoms with Gasteiger partial charge in [0, 0.05) is 0 Å². The van der Waals surface area contributed by atoms with Crippen LogP contribution >= 0.6 is 0 Å². The van der Waals surface area contributed by atoms with E-state index in [0.29, 0.717) is 5.69 Å². The van der Waals surface area contributed by atoms with Crippen molar-refractivity contribution in [1.82, 2.24) is 15.2 Å². The monoisotopic (exact) mass is 227 g/mol. The number of aromatic nitrogens is 2. The van der Waals surface area contributed by atoms with Crippen molar-refractivity contribution in [2.24, 2.45) is 11.8 Å². The fraction of sp³-hybridized carbons (Fsp3) is 0.500. The number of carbonyl (C=O) groups is 1. The summed E-state index contributed by atoms with van der Waals surface area (Å²) >= 11 is 0. The summed E-state index contributed by atoms with van der Waals surface area (Å²) in [5.74, 6) is 4.02. The molecule has 1 aromatic heterocycles. The normalized spacial score (nSPS) is 12.2. The maximum absolute atomic E-state index is 11.2. The van der Waals surface area contributed by atoms with Gasteiger partial charge in [-0.25, -0.2) is 5.84 Å². The van der Waals surface area contributed by atoms with Crippen molar-refractivity contribution in [1.29, 1.82) is 0 Å². The molecule has 0 fully saturated rings. The quantitative estimate of drug-likeness (QED) is 0.318. The minimum absolute atomic E-state index is 0.224. The number of hydrogen-bond donors (Lipinski definition) is 2. The van der Waals surface area contributed by atoms with Crippen molar-refractivity contribution in [2.75, 3.05) is 0 Å². The van der Waals surface area contributed by atoms with Crippen LogP contribution < -0.4 is 11.3 Å². The third kappa shape index (κ3) is 2.54. The Morgan fingerprint density at radius 1 is 1.81 bits per heavy atom. The minimum Gasteiger partial charge on any atom is -0.358 e. The summed E-state index contributed by atoms with van der Waals surface area (Å²) in [5.41, 5.74) is 2.65. The maximum Gasteiger partial charge on any atom is 0.390 e. The van der Waals surface area contributed by atoms with Crippen molar-refractivity contribution < 1.29 is 9.72 Å². The number of hydrazine groups is 1. The van der Waals surface area contributed by atoms with Crippen LogP contribution in [0.5, 0.6) is 0 Å². The van der Waals surface area contributed by atoms with Gasteiger partial charge in [-0.2, -0.15) is 4.68 Å². The average molecular weight is 227 g/mol. The van der Waals surface area contributed by atoms with E-state index in [1.165, 1.54) is 10.7 Å². The zero-order chi connectivity index (χ0) is 12.3. The molecule has 8 nitrogen and oxygen atoms in total. The van der Waals surface area contributed by atoms with Crippen molar-refractivity contribution >= 4 is 11.7 Å². The molecule has 1 unspecified atom stereocenters. The molecule has 1 amide bonds. The van der Waals surface area contributed by atoms with Crippen LogP contribution in [0.1, 0.15) is 12.6 Å². The van der Waals surface area contributed by atoms with Gasteiger partial charge in [-0.15, -0.1) is 0 Å². The minimum atomic E-state index is -0.572. The Hall–Kier alpha value is -1.96. The third-order valence-electron chi connectivity index (χ3n) is 2.19. The van der Waals surface area contributed by atoms with E-state index >= 15 is 0 Å². The van der Waals surface area contributed by atoms with Crippen molar-refractivity contribution in [3.8, 4) is 0 Å². The van der Waals surface area contributed by atoms with Crippen LogP contribution in [0.3, 0.4) is 0 Å². The van der Waals surface area contributed by atoms with E-state index in [4.69, 9.17) is 5.84 Å². The van der Waals surface area contributed by atoms with Crippen LogP contribution in [0.4, 0.5) is 5.82 Å². The molecule has 0 spiro atoms. The number of hydrogen-bond acceptors (Lipinski definition) is 5. The van der Waals surface area contributed by atoms with E-state index in [1.54, 1.807) is 13.8 Å². The highest BCUT2D eigenvalue weighted by molar-refractivity contribution is 5.77. The second-order valence-electron chi connectivity index (χ2n) is 3.49. The van der Waals surface area contributed by atoms with Crippen LogP contribution in [0.15, 0.2) is 6.07 Å². The zero-order valence-electron chi connectivity index (χ0n) is 9.01. The van der Waals surface area contributed by atoms with E-state index < -0.39 is 10.8 Å². The summed E-state index contributed by atoms with van der Waals surface area (Å²) in [6.45, 7) is 3.60. The predicted molar refractivity (Wildman–Crippen MR) is 55.1 cm³/mol. The van der Waals surface area contributed by atoms with E-state index in [2.05, 4.69) is 5.10 Å². The van der Waals surface area contributed by atoms with Gasteiger partial charge in [0.05, 0.1) is 29.3 Å². The maximum atomic E-state index is 11.2. The first-order chi connectivity index (χ1) is 7.45. The highest BCUT2D eigenvalue weighted by atomic mass is 16.6. The standard InChI is InChI=1S/C8H13N5O3/c1-5(8(14)10-9)4-12-6(2)3-7(11-12)13(15)16/h3,5H,4,9H2,1-2H3,(H,10,14). The van der Waals surface area contributed by atoms with Crippen molar-refractivity contribution in [2.45, 2.75) is 20.4 Å². The van der Waals surface area contributed by atoms with E-state index in [0.717, 1.165) is 0 Å². The molecule has 3 N–H and O–H groups in total. The molecular weight excluding hydrogens is 214 g/mol. The molecule has 0 saturated heterocycles. The number of nitrogens with two attached hydrogens (primary N) is 1. The topological polar surface area (TPSA) is 116 Å². The summed E-state index contributed by atoms with van der Waals surface area (Å²) in [6, 6.07) is 1.35. The van der Waals surface area contributed by atoms with Crippen molar-refractivity contribution in [3.63, 3.8) is 0 Å². The van der Waals surface area contributed by atoms with Crippen LogP contribution in [0.2, 0.25) is 0 Å². The molecule has 0 aliphatic carbocycles. The van der Waals surface area contributed by atoms with Gasteiger partial charge in [0.15, 0.2) is 0 Å². The summed E-state index contributed by atoms with van der Waals surface area (Å²) in [5, 5.41) is 14.2. The Kier molecular flexibility index (Phi) is 3.56. The molecule has 1 heterocycles. The Labute approximate surface area is 91.5 Å². The van der Waals surface area contributed by atoms with Crippen LogP contribution in [0.25, 0.3) is 0 Å². The number of carbonyl (C=O) groups excluding carboxylic acids is 1. The first-order valence-electron chi connectivity index (χ1n) is 4.65. The third-order valence-corrected chi connectivity index (χ3v) is 2.19. The summed E-state index contributed by atoms with van der Waals surface area (Å²) < 4.78 is 1.41. The predicted octanol–water partition coefficient (Wildman–Crippen LogP) is -0.274. The van der Waals surface area contributed by atoms with Gasteiger partial charge in [0.1, 0.15) is 0 Å². The molecule has 8 heteroatoms. The Morgan fingerprint density at radius 2 is 2.44 bits per heavy atom. The van der Waals surface area contributed by atoms with Gasteiger partial charge in [-0.05, 0) is 11.8 Å². The summed E-state index contributed by atoms with van der Waals surface area (Å²) in [7, 11) is 0. The van der Waals surface area contributed by atoms with Gasteiger partial charge in [0.2, 0.25) is 5.91 Å². The molecule has 16 heavy (non-hydrogen) atoms. The highest BCUT2D eigenvalue weighted by Gasteiger charge is 2.19. The van der Waals surface area contributed by atoms with Crippen LogP contribution in [-0.4, -0.2) is 20.6 Å². The first-order valence-corrected chi connectivity index (χ1v) is 4.65. The van der Waals surface area contributed by atoms with E-state index in [9.17, 15) is 14.9 Å². The number of nitrogens with one attached hydrogen (secondary N) is 1. The van der Waals surface area contributed by atoms with Gasteiger partial charge >= 0.3 is 5.82 Å². The largest absolute Gasteiger partial charge is 0.390 e. The van der Waals surface area contributed by atoms with E-state index in [-0.39, 0.29) is 18.3 Å². The lowest BCUT2D eigenvalue weighted by Crippen LogP contribution is -2.36. The molecule has 1 rings (SSSR count). The molecule has 0 aromatic carbocycles. The Bertz CT molecular complexity index is 414. The number of nitro groups is 1. The highest BCUT2D eigenvalue weighted by Crippen LogP contribution is 2.12. The second kappa shape index (κ2) is 4.71. The average Bonchev–Trinajstić information content (AvgIpc) is 2.59. The van der Waals surface area contributed by atoms with Crippen LogP contribution in [0, 0.1) is 23.0 Å². The number of nitrogens with zero attached hydrogens (tertiary/aromatic N) is 3. The number of aryl methyl sites for hydroxylation is 1. The lowest BCUT2D eigenvalue weighted by molar-refractivity contribution is -0.389. The SMILES string of the molecule is Cc1cc([N+](=O)[O-])nn1CC(C)C(=O)NN. The molecule has 0 radical (unpaired) electrons. The Morgan fingerprint density at radius 3 is 2.88 bits per heavy atom. The number of amides is 1. The fourth-order valence-corrected chi connectivity index (χ4v) is 1.25. The number of rotatable bonds is 4. The van der Waals surface area contributed by atoms with Crippen LogP contribution in [-0.2, 0) is 11.3 Å². The fourth-order valence-electron chi connectivity index (χ4n) is 1.25. The zero-order valence-corrected chi connectivity index (χ0v) is 9.01. The molecular formula is C8H13N5O3. The molecule has 0 bridgehead atoms. The molecule has 0 saturated carbocycles. The molecule has 0 aliphatic heterocycles. The van der Waals surface area contributed by atoms with Crippen molar-refractivity contribution in [3.05, 3.63) is 21.9 Å². The Balaban J connectivity index is 2.81. The molecule has 88 valence electrons. The first kappa shape index (κ1) is 12.1. The van der Waals surface area contributed by atoms with E-state index in [1.807, 2.05) is 5.43 Å². The second-order valence-corrected chi connectivity index (χ2v) is 3.49. The van der Waals surface area contributed by atoms with Gasteiger partial charge in [0.25, 0.3) is 0 Å². The summed E-state index contributed by atoms with van der Waals surface area (Å²) in [4.78, 5) is 21.1.